The van der Waals surface area contributed by atoms with Gasteiger partial charge in [0.1, 0.15) is 47.8 Å². The number of para-hydroxylation sites is 1. The number of hydrogen-bond acceptors (Lipinski definition) is 16. The van der Waals surface area contributed by atoms with Crippen molar-refractivity contribution in [1.82, 2.24) is 61.6 Å². The molecule has 5 heterocycles. The van der Waals surface area contributed by atoms with Gasteiger partial charge >= 0.3 is 5.97 Å². The van der Waals surface area contributed by atoms with Crippen LogP contribution in [-0.2, 0) is 89.9 Å². The van der Waals surface area contributed by atoms with E-state index in [-0.39, 0.29) is 69.4 Å². The average Bonchev–Trinajstić information content (AvgIpc) is 0.917. The summed E-state index contributed by atoms with van der Waals surface area (Å²) in [6.07, 6.45) is 5.15. The fourth-order valence-electron chi connectivity index (χ4n) is 12.4. The molecule has 0 saturated carbocycles. The molecule has 0 aliphatic carbocycles. The maximum absolute atomic E-state index is 15.4. The Kier molecular flexibility index (Phi) is 26.4. The van der Waals surface area contributed by atoms with Crippen LogP contribution in [-0.4, -0.2) is 185 Å². The van der Waals surface area contributed by atoms with Crippen molar-refractivity contribution >= 4 is 110 Å². The van der Waals surface area contributed by atoms with Crippen LogP contribution in [0.25, 0.3) is 21.8 Å². The highest BCUT2D eigenvalue weighted by Crippen LogP contribution is 2.28. The van der Waals surface area contributed by atoms with Gasteiger partial charge in [-0.25, -0.2) is 9.37 Å². The molecule has 0 spiro atoms. The number of aliphatic carboxylic acids is 1. The number of benzene rings is 4. The zero-order valence-electron chi connectivity index (χ0n) is 55.1. The highest BCUT2D eigenvalue weighted by Gasteiger charge is 2.41. The SMILES string of the molecule is CN1C(=O)[C@H](Cc2c[nH]c3ccc(F)cc23)NC(=O)CNC(=O)[C@H](CCCCN)NC(=O)CCSCc2cccc(c2)CSC[C@@H](C(N)=O)CC(=O)[C@@H]2CCCN2C(=O)[C@H](Cc2ccc(O)cc2)NC(=O)[C@H](Cc2cnc[nH]2)NC(=O)[C@H](CC(=O)O)NC(=O)[C@@H]1Cc1c[nH]c2ccccc12. The summed E-state index contributed by atoms with van der Waals surface area (Å²) < 4.78 is 14.9. The minimum atomic E-state index is -1.97. The Bertz CT molecular complexity index is 4080. The molecule has 530 valence electrons. The van der Waals surface area contributed by atoms with Crippen LogP contribution in [0.15, 0.2) is 116 Å². The molecule has 3 aromatic heterocycles. The molecule has 1 saturated heterocycles. The highest BCUT2D eigenvalue weighted by molar-refractivity contribution is 7.98. The Hall–Kier alpha value is -10.1. The van der Waals surface area contributed by atoms with Gasteiger partial charge in [-0.3, -0.25) is 52.7 Å². The molecule has 27 nitrogen and oxygen atoms in total. The molecular weight excluding hydrogens is 1330 g/mol. The molecule has 0 radical (unpaired) electrons. The van der Waals surface area contributed by atoms with Crippen LogP contribution in [0.5, 0.6) is 5.75 Å². The van der Waals surface area contributed by atoms with Gasteiger partial charge in [-0.2, -0.15) is 23.5 Å². The van der Waals surface area contributed by atoms with E-state index < -0.39 is 132 Å². The number of carbonyl (C=O) groups excluding carboxylic acids is 10. The van der Waals surface area contributed by atoms with E-state index >= 15 is 14.4 Å². The van der Waals surface area contributed by atoms with Crippen LogP contribution in [0.4, 0.5) is 4.39 Å². The van der Waals surface area contributed by atoms with Gasteiger partial charge in [-0.15, -0.1) is 0 Å². The lowest BCUT2D eigenvalue weighted by Crippen LogP contribution is -2.61. The number of nitrogens with one attached hydrogen (secondary N) is 9. The summed E-state index contributed by atoms with van der Waals surface area (Å²) in [5, 5.41) is 37.6. The van der Waals surface area contributed by atoms with E-state index in [1.54, 1.807) is 30.5 Å². The van der Waals surface area contributed by atoms with Crippen molar-refractivity contribution in [3.05, 3.63) is 155 Å². The van der Waals surface area contributed by atoms with Crippen molar-refractivity contribution in [3.8, 4) is 5.75 Å². The molecule has 2 aliphatic rings. The number of fused-ring (bicyclic) bond motifs is 5. The van der Waals surface area contributed by atoms with Crippen molar-refractivity contribution in [3.63, 3.8) is 0 Å². The number of aromatic nitrogens is 4. The number of nitrogens with two attached hydrogens (primary N) is 2. The molecule has 30 heteroatoms. The van der Waals surface area contributed by atoms with Crippen molar-refractivity contribution in [1.29, 1.82) is 0 Å². The molecule has 2 bridgehead atoms. The van der Waals surface area contributed by atoms with Gasteiger partial charge in [0, 0.05) is 121 Å². The number of primary amides is 1. The Morgan fingerprint density at radius 2 is 1.36 bits per heavy atom. The third-order valence-electron chi connectivity index (χ3n) is 17.7. The number of H-pyrrole nitrogens is 3. The molecule has 8 atom stereocenters. The molecule has 2 aliphatic heterocycles. The number of phenolic OH excluding ortho intramolecular Hbond substituents is 1. The summed E-state index contributed by atoms with van der Waals surface area (Å²) >= 11 is 2.89. The van der Waals surface area contributed by atoms with Gasteiger partial charge in [-0.1, -0.05) is 54.6 Å². The zero-order valence-corrected chi connectivity index (χ0v) is 56.7. The molecule has 1 fully saturated rings. The normalized spacial score (nSPS) is 22.2. The Labute approximate surface area is 583 Å². The van der Waals surface area contributed by atoms with Crippen LogP contribution >= 0.6 is 23.5 Å². The number of carboxylic acid groups (broad SMARTS) is 1. The van der Waals surface area contributed by atoms with E-state index in [2.05, 4.69) is 51.8 Å². The first-order valence-electron chi connectivity index (χ1n) is 33.0. The van der Waals surface area contributed by atoms with E-state index in [9.17, 15) is 53.0 Å². The van der Waals surface area contributed by atoms with Gasteiger partial charge in [0.15, 0.2) is 5.78 Å². The number of amides is 9. The lowest BCUT2D eigenvalue weighted by Gasteiger charge is -2.32. The number of rotatable bonds is 15. The molecule has 100 heavy (non-hydrogen) atoms. The second-order valence-corrected chi connectivity index (χ2v) is 27.1. The largest absolute Gasteiger partial charge is 0.508 e. The number of carboxylic acids is 1. The number of Topliss-reactive ketones (excluding diaryl/α,β-unsaturated/α-hetero) is 1. The van der Waals surface area contributed by atoms with E-state index in [1.165, 1.54) is 96.7 Å². The predicted molar refractivity (Wildman–Crippen MR) is 373 cm³/mol. The van der Waals surface area contributed by atoms with Crippen LogP contribution in [0.2, 0.25) is 0 Å². The molecule has 0 unspecified atom stereocenters. The number of aromatic amines is 3. The maximum atomic E-state index is 15.4. The van der Waals surface area contributed by atoms with Gasteiger partial charge in [0.25, 0.3) is 0 Å². The summed E-state index contributed by atoms with van der Waals surface area (Å²) in [5.41, 5.74) is 16.4. The summed E-state index contributed by atoms with van der Waals surface area (Å²) in [7, 11) is 1.27. The number of thioether (sulfide) groups is 2. The van der Waals surface area contributed by atoms with E-state index in [1.807, 2.05) is 24.3 Å². The first kappa shape index (κ1) is 74.2. The van der Waals surface area contributed by atoms with E-state index in [0.717, 1.165) is 16.0 Å². The maximum Gasteiger partial charge on any atom is 0.305 e. The number of hydrogen-bond donors (Lipinski definition) is 13. The fraction of sp³-hybridized carbons (Fsp3) is 0.400. The van der Waals surface area contributed by atoms with Gasteiger partial charge in [-0.05, 0) is 103 Å². The number of phenols is 1. The molecule has 9 amide bonds. The minimum Gasteiger partial charge on any atom is -0.508 e. The number of nitrogens with zero attached hydrogens (tertiary/aromatic N) is 3. The number of carbonyl (C=O) groups is 11. The first-order valence-corrected chi connectivity index (χ1v) is 35.3. The predicted octanol–water partition coefficient (Wildman–Crippen LogP) is 3.08. The van der Waals surface area contributed by atoms with Crippen LogP contribution < -0.4 is 43.4 Å². The number of ketones is 1. The Balaban J connectivity index is 1.06. The zero-order chi connectivity index (χ0) is 71.4. The van der Waals surface area contributed by atoms with E-state index in [0.29, 0.717) is 87.3 Å². The summed E-state index contributed by atoms with van der Waals surface area (Å²) in [6.45, 7) is -0.290. The highest BCUT2D eigenvalue weighted by atomic mass is 32.2. The van der Waals surface area contributed by atoms with Crippen LogP contribution in [0.1, 0.15) is 84.9 Å². The monoisotopic (exact) mass is 1410 g/mol. The van der Waals surface area contributed by atoms with Gasteiger partial charge in [0.05, 0.1) is 31.3 Å². The lowest BCUT2D eigenvalue weighted by atomic mass is 9.97. The smallest absolute Gasteiger partial charge is 0.305 e. The standard InChI is InChI=1S/C70H83FN14O13S2/c1-84-59(27-44-33-75-51-11-3-2-10-49(44)51)68(96)82-55(31-63(90)91)67(95)81-54(30-47-34-74-39-78-47)66(94)83-56(25-40-14-17-48(86)18-15-40)70(98)85-22-7-13-58(85)60(87)28-45(64(73)92)38-100-37-42-9-6-8-41(24-42)36-99-23-20-61(88)79-53(12-4-5-21-72)65(93)77-35-62(89)80-57(69(84)97)26-43-32-76-52-19-16-46(71)29-50(43)52/h2-3,6,8-11,14-19,24,29,32-34,39,45,53-59,75-76,86H,4-5,7,12-13,20-23,25-28,30-31,35-38,72H2,1H3,(H2,73,92)(H,74,78)(H,77,93)(H,79,88)(H,80,89)(H,81,95)(H,82,96)(H,83,94)(H,90,91)/t45-,53-,54-,55-,56-,57-,58-,59-/m0/s1. The topological polar surface area (TPSA) is 419 Å². The summed E-state index contributed by atoms with van der Waals surface area (Å²) in [6, 6.07) is 14.3. The number of aromatic hydroxyl groups is 1. The fourth-order valence-corrected chi connectivity index (χ4v) is 14.4. The van der Waals surface area contributed by atoms with Crippen LogP contribution in [0, 0.1) is 11.7 Å². The number of halogens is 1. The van der Waals surface area contributed by atoms with Gasteiger partial charge in [0.2, 0.25) is 53.2 Å². The summed E-state index contributed by atoms with van der Waals surface area (Å²) in [4.78, 5) is 173. The molecule has 15 N–H and O–H groups in total. The second kappa shape index (κ2) is 35.6. The Morgan fingerprint density at radius 3 is 2.08 bits per heavy atom. The third-order valence-corrected chi connectivity index (χ3v) is 19.9. The average molecular weight is 1410 g/mol. The molecular formula is C70H83FN14O13S2. The lowest BCUT2D eigenvalue weighted by molar-refractivity contribution is -0.144. The molecule has 9 rings (SSSR count). The number of likely N-dealkylation sites (N-methyl/N-ethyl adjacent to an activating group) is 1. The summed E-state index contributed by atoms with van der Waals surface area (Å²) in [5.74, 6) is -9.56. The number of unbranched alkanes of at least 4 members (excludes halogenated alkanes) is 1. The third kappa shape index (κ3) is 20.5. The van der Waals surface area contributed by atoms with Crippen molar-refractivity contribution in [2.75, 3.05) is 38.2 Å². The minimum absolute atomic E-state index is 0.0350. The second-order valence-electron chi connectivity index (χ2n) is 25.0. The molecule has 7 aromatic rings. The quantitative estimate of drug-likeness (QED) is 0.0656. The van der Waals surface area contributed by atoms with Crippen molar-refractivity contribution in [2.45, 2.75) is 131 Å². The molecule has 4 aromatic carbocycles. The number of imidazole rings is 1. The van der Waals surface area contributed by atoms with Gasteiger partial charge < -0.3 is 78.3 Å². The van der Waals surface area contributed by atoms with Crippen molar-refractivity contribution < 1.29 is 67.3 Å². The van der Waals surface area contributed by atoms with Crippen LogP contribution in [0.3, 0.4) is 0 Å². The Morgan fingerprint density at radius 1 is 0.680 bits per heavy atom. The van der Waals surface area contributed by atoms with Crippen molar-refractivity contribution in [2.24, 2.45) is 17.4 Å². The van der Waals surface area contributed by atoms with E-state index in [4.69, 9.17) is 11.5 Å². The first-order chi connectivity index (χ1) is 48.1.